The summed E-state index contributed by atoms with van der Waals surface area (Å²) in [4.78, 5) is 23.8. The molecule has 2 amide bonds. The molecule has 0 spiro atoms. The first kappa shape index (κ1) is 18.7. The number of nitrogens with two attached hydrogens (primary N) is 1. The van der Waals surface area contributed by atoms with Crippen LogP contribution in [0.15, 0.2) is 48.5 Å². The normalized spacial score (nSPS) is 10.6. The number of hydrogen-bond donors (Lipinski definition) is 2. The van der Waals surface area contributed by atoms with Gasteiger partial charge in [0.25, 0.3) is 5.91 Å². The fourth-order valence-electron chi connectivity index (χ4n) is 2.69. The molecule has 3 rings (SSSR count). The van der Waals surface area contributed by atoms with Gasteiger partial charge in [-0.2, -0.15) is 5.10 Å². The van der Waals surface area contributed by atoms with Crippen molar-refractivity contribution in [2.75, 3.05) is 5.32 Å². The van der Waals surface area contributed by atoms with Crippen LogP contribution in [0.25, 0.3) is 0 Å². The van der Waals surface area contributed by atoms with Gasteiger partial charge in [-0.1, -0.05) is 41.4 Å². The zero-order valence-electron chi connectivity index (χ0n) is 15.0. The van der Waals surface area contributed by atoms with E-state index in [4.69, 9.17) is 17.3 Å². The largest absolute Gasteiger partial charge is 0.366 e. The lowest BCUT2D eigenvalue weighted by Gasteiger charge is -2.07. The molecule has 0 aliphatic carbocycles. The van der Waals surface area contributed by atoms with Crippen LogP contribution < -0.4 is 11.1 Å². The van der Waals surface area contributed by atoms with Crippen molar-refractivity contribution in [3.63, 3.8) is 0 Å². The topological polar surface area (TPSA) is 90.0 Å². The summed E-state index contributed by atoms with van der Waals surface area (Å²) in [6.07, 6.45) is 0. The fourth-order valence-corrected chi connectivity index (χ4v) is 3.01. The number of aromatic nitrogens is 2. The predicted molar refractivity (Wildman–Crippen MR) is 105 cm³/mol. The van der Waals surface area contributed by atoms with Gasteiger partial charge in [0, 0.05) is 11.3 Å². The maximum atomic E-state index is 12.6. The third kappa shape index (κ3) is 4.17. The Labute approximate surface area is 161 Å². The first-order valence-corrected chi connectivity index (χ1v) is 8.72. The minimum absolute atomic E-state index is 0.277. The number of carbonyl (C=O) groups is 2. The Kier molecular flexibility index (Phi) is 5.28. The lowest BCUT2D eigenvalue weighted by atomic mass is 10.1. The molecular formula is C20H19ClN4O2. The summed E-state index contributed by atoms with van der Waals surface area (Å²) in [7, 11) is 0. The molecule has 0 saturated heterocycles. The van der Waals surface area contributed by atoms with E-state index in [0.29, 0.717) is 29.1 Å². The van der Waals surface area contributed by atoms with Crippen molar-refractivity contribution in [1.29, 1.82) is 0 Å². The maximum absolute atomic E-state index is 12.6. The van der Waals surface area contributed by atoms with E-state index < -0.39 is 5.91 Å². The molecule has 27 heavy (non-hydrogen) atoms. The fraction of sp³-hybridized carbons (Fsp3) is 0.150. The zero-order valence-corrected chi connectivity index (χ0v) is 15.7. The van der Waals surface area contributed by atoms with Crippen molar-refractivity contribution in [3.05, 3.63) is 81.6 Å². The molecule has 0 saturated carbocycles. The smallest absolute Gasteiger partial charge is 0.260 e. The number of benzene rings is 2. The first-order valence-electron chi connectivity index (χ1n) is 8.35. The third-order valence-electron chi connectivity index (χ3n) is 4.17. The Morgan fingerprint density at radius 3 is 2.30 bits per heavy atom. The van der Waals surface area contributed by atoms with Crippen molar-refractivity contribution in [1.82, 2.24) is 9.78 Å². The number of halogens is 1. The van der Waals surface area contributed by atoms with Crippen molar-refractivity contribution in [2.45, 2.75) is 20.4 Å². The van der Waals surface area contributed by atoms with Crippen LogP contribution in [0.4, 0.5) is 5.69 Å². The highest BCUT2D eigenvalue weighted by atomic mass is 35.5. The van der Waals surface area contributed by atoms with Gasteiger partial charge in [-0.05, 0) is 43.7 Å². The van der Waals surface area contributed by atoms with Gasteiger partial charge in [0.2, 0.25) is 5.91 Å². The summed E-state index contributed by atoms with van der Waals surface area (Å²) < 4.78 is 1.60. The highest BCUT2D eigenvalue weighted by Crippen LogP contribution is 2.22. The molecule has 1 aromatic heterocycles. The van der Waals surface area contributed by atoms with Gasteiger partial charge in [0.05, 0.1) is 17.8 Å². The average Bonchev–Trinajstić information content (AvgIpc) is 2.91. The summed E-state index contributed by atoms with van der Waals surface area (Å²) >= 11 is 6.42. The van der Waals surface area contributed by atoms with Crippen LogP contribution in [0.1, 0.15) is 37.5 Å². The Balaban J connectivity index is 1.79. The van der Waals surface area contributed by atoms with Crippen LogP contribution in [0.2, 0.25) is 5.15 Å². The van der Waals surface area contributed by atoms with Gasteiger partial charge >= 0.3 is 0 Å². The SMILES string of the molecule is Cc1ccc(Cn2nc(C)c(C(=O)Nc3ccc(C(N)=O)cc3)c2Cl)cc1. The van der Waals surface area contributed by atoms with E-state index in [2.05, 4.69) is 10.4 Å². The molecule has 3 N–H and O–H groups in total. The lowest BCUT2D eigenvalue weighted by molar-refractivity contribution is 0.0998. The average molecular weight is 383 g/mol. The molecule has 1 heterocycles. The molecule has 7 heteroatoms. The van der Waals surface area contributed by atoms with Crippen molar-refractivity contribution in [2.24, 2.45) is 5.73 Å². The van der Waals surface area contributed by atoms with Gasteiger partial charge in [-0.15, -0.1) is 0 Å². The van der Waals surface area contributed by atoms with Crippen molar-refractivity contribution >= 4 is 29.1 Å². The number of carbonyl (C=O) groups excluding carboxylic acids is 2. The Morgan fingerprint density at radius 2 is 1.70 bits per heavy atom. The second kappa shape index (κ2) is 7.63. The van der Waals surface area contributed by atoms with Gasteiger partial charge in [0.1, 0.15) is 5.15 Å². The summed E-state index contributed by atoms with van der Waals surface area (Å²) in [6.45, 7) is 4.23. The lowest BCUT2D eigenvalue weighted by Crippen LogP contribution is -2.14. The third-order valence-corrected chi connectivity index (χ3v) is 4.56. The summed E-state index contributed by atoms with van der Waals surface area (Å²) in [6, 6.07) is 14.4. The second-order valence-electron chi connectivity index (χ2n) is 6.29. The van der Waals surface area contributed by atoms with Crippen LogP contribution in [0.3, 0.4) is 0 Å². The van der Waals surface area contributed by atoms with Crippen LogP contribution in [-0.4, -0.2) is 21.6 Å². The Hall–Kier alpha value is -3.12. The monoisotopic (exact) mass is 382 g/mol. The molecule has 0 fully saturated rings. The number of nitrogens with zero attached hydrogens (tertiary/aromatic N) is 2. The van der Waals surface area contributed by atoms with E-state index in [0.717, 1.165) is 5.56 Å². The summed E-state index contributed by atoms with van der Waals surface area (Å²) in [5.74, 6) is -0.886. The van der Waals surface area contributed by atoms with Crippen LogP contribution in [0.5, 0.6) is 0 Å². The highest BCUT2D eigenvalue weighted by Gasteiger charge is 2.20. The van der Waals surface area contributed by atoms with Gasteiger partial charge in [-0.3, -0.25) is 9.59 Å². The first-order chi connectivity index (χ1) is 12.8. The van der Waals surface area contributed by atoms with Crippen molar-refractivity contribution < 1.29 is 9.59 Å². The minimum atomic E-state index is -0.524. The number of hydrogen-bond acceptors (Lipinski definition) is 3. The van der Waals surface area contributed by atoms with Gasteiger partial charge in [0.15, 0.2) is 0 Å². The van der Waals surface area contributed by atoms with Gasteiger partial charge in [-0.25, -0.2) is 4.68 Å². The number of primary amides is 1. The number of aryl methyl sites for hydroxylation is 2. The van der Waals surface area contributed by atoms with E-state index in [9.17, 15) is 9.59 Å². The molecular weight excluding hydrogens is 364 g/mol. The predicted octanol–water partition coefficient (Wildman–Crippen LogP) is 3.55. The maximum Gasteiger partial charge on any atom is 0.260 e. The van der Waals surface area contributed by atoms with E-state index >= 15 is 0 Å². The molecule has 0 aliphatic rings. The molecule has 0 atom stereocenters. The second-order valence-corrected chi connectivity index (χ2v) is 6.65. The Morgan fingerprint density at radius 1 is 1.07 bits per heavy atom. The molecule has 0 radical (unpaired) electrons. The van der Waals surface area contributed by atoms with E-state index in [1.54, 1.807) is 35.9 Å². The van der Waals surface area contributed by atoms with Crippen LogP contribution in [0, 0.1) is 13.8 Å². The molecule has 0 unspecified atom stereocenters. The molecule has 6 nitrogen and oxygen atoms in total. The number of amides is 2. The van der Waals surface area contributed by atoms with Crippen LogP contribution in [-0.2, 0) is 6.54 Å². The Bertz CT molecular complexity index is 992. The number of anilines is 1. The van der Waals surface area contributed by atoms with Crippen LogP contribution >= 0.6 is 11.6 Å². The van der Waals surface area contributed by atoms with E-state index in [1.165, 1.54) is 5.56 Å². The highest BCUT2D eigenvalue weighted by molar-refractivity contribution is 6.33. The van der Waals surface area contributed by atoms with Gasteiger partial charge < -0.3 is 11.1 Å². The van der Waals surface area contributed by atoms with Crippen molar-refractivity contribution in [3.8, 4) is 0 Å². The standard InChI is InChI=1S/C20H19ClN4O2/c1-12-3-5-14(6-4-12)11-25-18(21)17(13(2)24-25)20(27)23-16-9-7-15(8-10-16)19(22)26/h3-10H,11H2,1-2H3,(H2,22,26)(H,23,27). The molecule has 0 aliphatic heterocycles. The summed E-state index contributed by atoms with van der Waals surface area (Å²) in [5.41, 5.74) is 9.19. The zero-order chi connectivity index (χ0) is 19.6. The molecule has 0 bridgehead atoms. The van der Waals surface area contributed by atoms with E-state index in [1.807, 2.05) is 31.2 Å². The molecule has 2 aromatic carbocycles. The molecule has 138 valence electrons. The number of rotatable bonds is 5. The molecule has 3 aromatic rings. The quantitative estimate of drug-likeness (QED) is 0.707. The minimum Gasteiger partial charge on any atom is -0.366 e. The number of nitrogens with one attached hydrogen (secondary N) is 1. The van der Waals surface area contributed by atoms with E-state index in [-0.39, 0.29) is 11.1 Å². The summed E-state index contributed by atoms with van der Waals surface area (Å²) in [5, 5.41) is 7.43.